The Labute approximate surface area is 239 Å². The van der Waals surface area contributed by atoms with E-state index in [1.54, 1.807) is 0 Å². The topological polar surface area (TPSA) is 199 Å². The monoisotopic (exact) mass is 588 g/mol. The van der Waals surface area contributed by atoms with E-state index in [1.807, 2.05) is 0 Å². The number of carboxylic acid groups (broad SMARTS) is 2. The molecular weight excluding hydrogens is 532 g/mol. The number of hydrogen-bond donors (Lipinski definition) is 6. The molecule has 0 amide bonds. The van der Waals surface area contributed by atoms with Crippen LogP contribution in [0.25, 0.3) is 0 Å². The molecule has 0 bridgehead atoms. The van der Waals surface area contributed by atoms with Gasteiger partial charge in [0.2, 0.25) is 0 Å². The predicted octanol–water partition coefficient (Wildman–Crippen LogP) is 2.15. The summed E-state index contributed by atoms with van der Waals surface area (Å²) >= 11 is 0. The van der Waals surface area contributed by atoms with Crippen molar-refractivity contribution >= 4 is 11.9 Å². The van der Waals surface area contributed by atoms with Crippen LogP contribution in [-0.4, -0.2) is 119 Å². The number of nitrogens with zero attached hydrogens (tertiary/aromatic N) is 2. The average Bonchev–Trinajstić information content (AvgIpc) is 2.94. The van der Waals surface area contributed by atoms with Gasteiger partial charge in [0.25, 0.3) is 0 Å². The van der Waals surface area contributed by atoms with E-state index < -0.39 is 11.9 Å². The van der Waals surface area contributed by atoms with Crippen molar-refractivity contribution in [3.63, 3.8) is 0 Å². The van der Waals surface area contributed by atoms with Crippen LogP contribution in [0.3, 0.4) is 0 Å². The summed E-state index contributed by atoms with van der Waals surface area (Å²) in [4.78, 5) is 40.5. The smallest absolute Gasteiger partial charge is 0.303 e. The third kappa shape index (κ3) is 41.0. The second kappa shape index (κ2) is 37.5. The molecule has 0 aliphatic rings. The highest BCUT2D eigenvalue weighted by molar-refractivity contribution is 5.66. The van der Waals surface area contributed by atoms with E-state index in [0.29, 0.717) is 13.1 Å². The van der Waals surface area contributed by atoms with Crippen molar-refractivity contribution in [2.75, 3.05) is 65.9 Å². The van der Waals surface area contributed by atoms with Gasteiger partial charge in [-0.25, -0.2) is 0 Å². The number of rotatable bonds is 27. The molecule has 0 fully saturated rings. The first-order valence-electron chi connectivity index (χ1n) is 14.3. The van der Waals surface area contributed by atoms with E-state index in [1.165, 1.54) is 10.5 Å². The lowest BCUT2D eigenvalue weighted by molar-refractivity contribution is -0.371. The van der Waals surface area contributed by atoms with Gasteiger partial charge in [0.15, 0.2) is 0 Å². The zero-order chi connectivity index (χ0) is 30.7. The second-order valence-corrected chi connectivity index (χ2v) is 8.46. The highest BCUT2D eigenvalue weighted by Gasteiger charge is 2.05. The summed E-state index contributed by atoms with van der Waals surface area (Å²) in [6, 6.07) is 0. The maximum atomic E-state index is 10.1. The van der Waals surface area contributed by atoms with Gasteiger partial charge in [-0.15, -0.1) is 0 Å². The first-order chi connectivity index (χ1) is 19.3. The Morgan fingerprint density at radius 1 is 0.500 bits per heavy atom. The largest absolute Gasteiger partial charge is 0.481 e. The molecule has 0 saturated heterocycles. The molecule has 0 aliphatic heterocycles. The van der Waals surface area contributed by atoms with Crippen LogP contribution in [-0.2, 0) is 28.9 Å². The number of hydroxylamine groups is 4. The van der Waals surface area contributed by atoms with Crippen LogP contribution in [0, 0.1) is 0 Å². The van der Waals surface area contributed by atoms with Crippen molar-refractivity contribution in [3.05, 3.63) is 0 Å². The van der Waals surface area contributed by atoms with Gasteiger partial charge < -0.3 is 30.6 Å². The Morgan fingerprint density at radius 2 is 0.775 bits per heavy atom. The van der Waals surface area contributed by atoms with Crippen LogP contribution >= 0.6 is 0 Å². The maximum absolute atomic E-state index is 10.1. The van der Waals surface area contributed by atoms with Crippen molar-refractivity contribution in [3.8, 4) is 0 Å². The molecule has 0 atom stereocenters. The molecule has 14 heteroatoms. The molecule has 242 valence electrons. The predicted molar refractivity (Wildman–Crippen MR) is 148 cm³/mol. The lowest BCUT2D eigenvalue weighted by atomic mass is 10.1. The van der Waals surface area contributed by atoms with Crippen molar-refractivity contribution < 1.29 is 59.6 Å². The number of aliphatic carboxylic acids is 2. The number of carbonyl (C=O) groups is 2. The molecule has 14 nitrogen and oxygen atoms in total. The lowest BCUT2D eigenvalue weighted by Gasteiger charge is -2.19. The van der Waals surface area contributed by atoms with Gasteiger partial charge in [0.05, 0.1) is 65.9 Å². The molecule has 0 aromatic heterocycles. The summed E-state index contributed by atoms with van der Waals surface area (Å²) in [7, 11) is 0. The van der Waals surface area contributed by atoms with Gasteiger partial charge in [-0.05, 0) is 25.7 Å². The Hall–Kier alpha value is -1.46. The molecule has 0 aliphatic carbocycles. The van der Waals surface area contributed by atoms with E-state index in [4.69, 9.17) is 50.0 Å². The van der Waals surface area contributed by atoms with Crippen molar-refractivity contribution in [2.45, 2.75) is 90.9 Å². The first kappa shape index (κ1) is 43.0. The molecule has 6 N–H and O–H groups in total. The first-order valence-corrected chi connectivity index (χ1v) is 14.3. The highest BCUT2D eigenvalue weighted by atomic mass is 17.0. The van der Waals surface area contributed by atoms with E-state index in [2.05, 4.69) is 13.8 Å². The molecule has 0 aromatic rings. The summed E-state index contributed by atoms with van der Waals surface area (Å²) in [5, 5.41) is 53.4. The van der Waals surface area contributed by atoms with Crippen molar-refractivity contribution in [1.82, 2.24) is 10.5 Å². The number of carboxylic acids is 2. The molecule has 40 heavy (non-hydrogen) atoms. The molecule has 0 unspecified atom stereocenters. The highest BCUT2D eigenvalue weighted by Crippen LogP contribution is 2.08. The number of unbranched alkanes of at least 4 members (excludes halogenated alkanes) is 7. The molecule has 0 spiro atoms. The summed E-state index contributed by atoms with van der Waals surface area (Å²) < 4.78 is 0. The van der Waals surface area contributed by atoms with Crippen LogP contribution in [0.15, 0.2) is 0 Å². The minimum atomic E-state index is -0.740. The van der Waals surface area contributed by atoms with E-state index >= 15 is 0 Å². The lowest BCUT2D eigenvalue weighted by Crippen LogP contribution is -2.28. The van der Waals surface area contributed by atoms with Gasteiger partial charge >= 0.3 is 11.9 Å². The average molecular weight is 589 g/mol. The zero-order valence-electron chi connectivity index (χ0n) is 24.6. The molecule has 0 saturated carbocycles. The van der Waals surface area contributed by atoms with Gasteiger partial charge in [0.1, 0.15) is 0 Å². The van der Waals surface area contributed by atoms with Crippen LogP contribution in [0.1, 0.15) is 90.9 Å². The second-order valence-electron chi connectivity index (χ2n) is 8.46. The molecule has 0 aromatic carbocycles. The molecular formula is C26H56N2O12. The van der Waals surface area contributed by atoms with E-state index in [9.17, 15) is 9.59 Å². The number of hydrogen-bond acceptors (Lipinski definition) is 12. The van der Waals surface area contributed by atoms with Crippen LogP contribution in [0.2, 0.25) is 0 Å². The van der Waals surface area contributed by atoms with E-state index in [0.717, 1.165) is 64.2 Å². The van der Waals surface area contributed by atoms with Crippen LogP contribution in [0.5, 0.6) is 0 Å². The van der Waals surface area contributed by atoms with Gasteiger partial charge in [-0.3, -0.25) is 28.9 Å². The zero-order valence-corrected chi connectivity index (χ0v) is 24.6. The normalized spacial score (nSPS) is 10.7. The Morgan fingerprint density at radius 3 is 1.00 bits per heavy atom. The number of aliphatic hydroxyl groups is 4. The molecule has 0 radical (unpaired) electrons. The van der Waals surface area contributed by atoms with Crippen molar-refractivity contribution in [1.29, 1.82) is 0 Å². The number of aliphatic hydroxyl groups excluding tert-OH is 4. The Bertz CT molecular complexity index is 436. The van der Waals surface area contributed by atoms with Gasteiger partial charge in [0, 0.05) is 12.8 Å². The SMILES string of the molecule is CCCCN(OCCO)OCCO.CCCCN(OCCO)OCCO.O=C(O)CCCCCCCCC(=O)O. The quantitative estimate of drug-likeness (QED) is 0.0602. The van der Waals surface area contributed by atoms with Crippen molar-refractivity contribution in [2.24, 2.45) is 0 Å². The summed E-state index contributed by atoms with van der Waals surface area (Å²) in [6.07, 6.45) is 9.82. The summed E-state index contributed by atoms with van der Waals surface area (Å²) in [5.41, 5.74) is 0. The van der Waals surface area contributed by atoms with Crippen LogP contribution in [0.4, 0.5) is 0 Å². The third-order valence-electron chi connectivity index (χ3n) is 4.73. The van der Waals surface area contributed by atoms with Crippen LogP contribution < -0.4 is 0 Å². The molecule has 0 heterocycles. The third-order valence-corrected chi connectivity index (χ3v) is 4.73. The maximum Gasteiger partial charge on any atom is 0.303 e. The fraction of sp³-hybridized carbons (Fsp3) is 0.923. The Balaban J connectivity index is -0.000000514. The molecule has 0 rings (SSSR count). The van der Waals surface area contributed by atoms with Gasteiger partial charge in [-0.1, -0.05) is 62.8 Å². The Kier molecular flexibility index (Phi) is 40.4. The van der Waals surface area contributed by atoms with E-state index in [-0.39, 0.29) is 65.7 Å². The fourth-order valence-electron chi connectivity index (χ4n) is 2.74. The van der Waals surface area contributed by atoms with Gasteiger partial charge in [-0.2, -0.15) is 0 Å². The minimum absolute atomic E-state index is 0.0366. The minimum Gasteiger partial charge on any atom is -0.481 e. The summed E-state index contributed by atoms with van der Waals surface area (Å²) in [5.74, 6) is -1.48. The fourth-order valence-corrected chi connectivity index (χ4v) is 2.74. The summed E-state index contributed by atoms with van der Waals surface area (Å²) in [6.45, 7) is 6.15. The standard InChI is InChI=1S/C10H18O4.2C8H19NO4/c11-9(12)7-5-3-1-2-4-6-8-10(13)14;2*1-2-3-4-9(12-7-5-10)13-8-6-11/h1-8H2,(H,11,12)(H,13,14);2*10-11H,2-8H2,1H3.